The number of rotatable bonds is 9. The van der Waals surface area contributed by atoms with Gasteiger partial charge in [-0.15, -0.1) is 0 Å². The summed E-state index contributed by atoms with van der Waals surface area (Å²) in [5.41, 5.74) is 5.08. The molecule has 2 heterocycles. The molecule has 348 valence electrons. The van der Waals surface area contributed by atoms with E-state index in [1.54, 1.807) is 67.6 Å². The number of ether oxygens (including phenoxy) is 5. The maximum Gasteiger partial charge on any atom is 0.417 e. The van der Waals surface area contributed by atoms with E-state index in [0.29, 0.717) is 38.4 Å². The summed E-state index contributed by atoms with van der Waals surface area (Å²) in [5, 5.41) is 13.3. The largest absolute Gasteiger partial charge is 0.464 e. The molecule has 2 N–H and O–H groups in total. The maximum absolute atomic E-state index is 11.6. The van der Waals surface area contributed by atoms with Crippen LogP contribution in [0.25, 0.3) is 27.4 Å². The van der Waals surface area contributed by atoms with Gasteiger partial charge in [-0.3, -0.25) is 24.6 Å². The van der Waals surface area contributed by atoms with Crippen LogP contribution >= 0.6 is 47.8 Å². The van der Waals surface area contributed by atoms with Gasteiger partial charge < -0.3 is 23.7 Å². The number of aromatic nitrogens is 4. The van der Waals surface area contributed by atoms with Crippen LogP contribution in [-0.4, -0.2) is 103 Å². The third-order valence-corrected chi connectivity index (χ3v) is 10.2. The summed E-state index contributed by atoms with van der Waals surface area (Å²) >= 11 is 9.89. The van der Waals surface area contributed by atoms with Gasteiger partial charge in [0.15, 0.2) is 17.3 Å². The molecule has 6 aromatic rings. The Morgan fingerprint density at radius 3 is 1.34 bits per heavy atom. The first-order valence-electron chi connectivity index (χ1n) is 18.8. The van der Waals surface area contributed by atoms with Crippen molar-refractivity contribution in [3.8, 4) is 22.5 Å². The lowest BCUT2D eigenvalue weighted by atomic mass is 10.1. The molecule has 0 bridgehead atoms. The molecule has 0 aliphatic rings. The summed E-state index contributed by atoms with van der Waals surface area (Å²) in [6, 6.07) is 32.1. The molecule has 0 unspecified atom stereocenters. The Morgan fingerprint density at radius 2 is 0.940 bits per heavy atom. The van der Waals surface area contributed by atoms with Crippen LogP contribution in [0.1, 0.15) is 55.0 Å². The van der Waals surface area contributed by atoms with Gasteiger partial charge in [0.1, 0.15) is 11.4 Å². The Kier molecular flexibility index (Phi) is 24.3. The highest BCUT2D eigenvalue weighted by molar-refractivity contribution is 9.11. The molecule has 0 spiro atoms. The van der Waals surface area contributed by atoms with Crippen LogP contribution < -0.4 is 0 Å². The topological polar surface area (TPSA) is 244 Å². The average molecular weight is 1110 g/mol. The number of carbonyl (C=O) groups excluding carboxylic acids is 8. The Labute approximate surface area is 408 Å². The van der Waals surface area contributed by atoms with Gasteiger partial charge in [-0.05, 0) is 37.3 Å². The van der Waals surface area contributed by atoms with Crippen molar-refractivity contribution in [2.75, 3.05) is 35.5 Å². The van der Waals surface area contributed by atoms with E-state index < -0.39 is 47.8 Å². The lowest BCUT2D eigenvalue weighted by molar-refractivity contribution is -0.164. The molecule has 0 radical (unpaired) electrons. The van der Waals surface area contributed by atoms with Crippen molar-refractivity contribution in [3.63, 3.8) is 0 Å². The van der Waals surface area contributed by atoms with E-state index in [1.165, 1.54) is 14.2 Å². The van der Waals surface area contributed by atoms with Gasteiger partial charge in [-0.2, -0.15) is 10.2 Å². The van der Waals surface area contributed by atoms with E-state index in [0.717, 1.165) is 41.4 Å². The number of methoxy groups -OCH3 is 5. The molecule has 18 nitrogen and oxygen atoms in total. The second kappa shape index (κ2) is 29.2. The Morgan fingerprint density at radius 1 is 0.537 bits per heavy atom. The Bertz CT molecular complexity index is 2730. The summed E-state index contributed by atoms with van der Waals surface area (Å²) in [4.78, 5) is 90.4. The average Bonchev–Trinajstić information content (AvgIpc) is 4.05. The van der Waals surface area contributed by atoms with Gasteiger partial charge in [-0.25, -0.2) is 28.8 Å². The van der Waals surface area contributed by atoms with Crippen LogP contribution in [0.4, 0.5) is 5.69 Å². The van der Waals surface area contributed by atoms with Crippen LogP contribution in [0.15, 0.2) is 123 Å². The van der Waals surface area contributed by atoms with E-state index in [-0.39, 0.29) is 11.5 Å². The van der Waals surface area contributed by atoms with Crippen molar-refractivity contribution in [2.24, 2.45) is 0 Å². The number of carbonyl (C=O) groups is 8. The highest BCUT2D eigenvalue weighted by Gasteiger charge is 2.20. The number of benzene rings is 4. The minimum atomic E-state index is -1.000. The second-order valence-corrected chi connectivity index (χ2v) is 15.0. The first-order valence-corrected chi connectivity index (χ1v) is 21.2. The molecule has 0 saturated carbocycles. The quantitative estimate of drug-likeness (QED) is 0.0343. The number of nitrogens with one attached hydrogen (secondary N) is 2. The number of hydrogen-bond acceptors (Lipinski definition) is 15. The Balaban J connectivity index is 0.000000295. The number of halogens is 3. The summed E-state index contributed by atoms with van der Waals surface area (Å²) in [6.45, 7) is 8.61. The van der Waals surface area contributed by atoms with Crippen molar-refractivity contribution >= 4 is 101 Å². The molecule has 6 rings (SSSR count). The standard InChI is InChI=1S/C12H9N3O2.C11H9BrN2O2.C11H9BrO4.C8H7BrO.C4H6O4/c1-13-9-6-4-3-5-8(9)10-7-11(15-14-10)12(16)17-2;1-16-11(15)10-6-9(13-14-10)7-4-2-3-5-8(7)12;1-16-11(15)10(14)6-9(13)7-4-2-3-5-8(7)12;1-6(10)7-4-2-3-5-8(7)9;1-7-3(5)4(6)8-2/h3-7H,2H3,(H,14,15);2-6H,1H3,(H,13,14);2-5H,6H2,1H3;2-5H,1H3;1-2H3. The van der Waals surface area contributed by atoms with E-state index in [1.807, 2.05) is 48.5 Å². The molecular weight excluding hydrogens is 1070 g/mol. The number of ketones is 3. The smallest absolute Gasteiger partial charge is 0.417 e. The van der Waals surface area contributed by atoms with Crippen molar-refractivity contribution in [1.82, 2.24) is 20.4 Å². The molecule has 67 heavy (non-hydrogen) atoms. The van der Waals surface area contributed by atoms with Gasteiger partial charge in [0, 0.05) is 35.7 Å². The molecule has 0 amide bonds. The lowest BCUT2D eigenvalue weighted by Crippen LogP contribution is -2.19. The molecular formula is C46H40Br3N5O13. The monoisotopic (exact) mass is 1110 g/mol. The zero-order valence-electron chi connectivity index (χ0n) is 36.4. The molecule has 2 aromatic heterocycles. The summed E-state index contributed by atoms with van der Waals surface area (Å²) in [7, 11) is 5.96. The van der Waals surface area contributed by atoms with E-state index >= 15 is 0 Å². The number of esters is 5. The number of para-hydroxylation sites is 1. The number of Topliss-reactive ketones (excluding diaryl/α,β-unsaturated/α-hetero) is 3. The van der Waals surface area contributed by atoms with Gasteiger partial charge in [-0.1, -0.05) is 127 Å². The van der Waals surface area contributed by atoms with Crippen LogP contribution in [-0.2, 0) is 42.9 Å². The van der Waals surface area contributed by atoms with E-state index in [2.05, 4.69) is 96.7 Å². The normalized spacial score (nSPS) is 9.49. The SMILES string of the molecule is CC(=O)c1ccccc1Br.COC(=O)C(=O)CC(=O)c1ccccc1Br.COC(=O)C(=O)OC.COC(=O)c1cc(-c2ccccc2Br)n[nH]1.[C-]#[N+]c1ccccc1-c1cc(C(=O)OC)[nH]n1. The predicted molar refractivity (Wildman–Crippen MR) is 253 cm³/mol. The molecule has 4 aromatic carbocycles. The van der Waals surface area contributed by atoms with Crippen LogP contribution in [0.3, 0.4) is 0 Å². The second-order valence-electron chi connectivity index (χ2n) is 12.4. The van der Waals surface area contributed by atoms with Gasteiger partial charge in [0.25, 0.3) is 0 Å². The van der Waals surface area contributed by atoms with Crippen molar-refractivity contribution in [1.29, 1.82) is 0 Å². The van der Waals surface area contributed by atoms with E-state index in [9.17, 15) is 38.4 Å². The minimum Gasteiger partial charge on any atom is -0.464 e. The molecule has 0 aliphatic carbocycles. The van der Waals surface area contributed by atoms with E-state index in [4.69, 9.17) is 6.57 Å². The van der Waals surface area contributed by atoms with Crippen molar-refractivity contribution < 1.29 is 62.0 Å². The highest BCUT2D eigenvalue weighted by Crippen LogP contribution is 2.29. The fourth-order valence-corrected chi connectivity index (χ4v) is 6.39. The summed E-state index contributed by atoms with van der Waals surface area (Å²) < 4.78 is 23.8. The first-order chi connectivity index (χ1) is 32.0. The van der Waals surface area contributed by atoms with Gasteiger partial charge in [0.05, 0.1) is 59.9 Å². The molecule has 0 aliphatic heterocycles. The van der Waals surface area contributed by atoms with Crippen molar-refractivity contribution in [2.45, 2.75) is 13.3 Å². The van der Waals surface area contributed by atoms with Gasteiger partial charge >= 0.3 is 29.8 Å². The third kappa shape index (κ3) is 17.8. The molecule has 0 fully saturated rings. The zero-order valence-corrected chi connectivity index (χ0v) is 41.1. The van der Waals surface area contributed by atoms with Crippen LogP contribution in [0.2, 0.25) is 0 Å². The third-order valence-electron chi connectivity index (χ3n) is 8.12. The van der Waals surface area contributed by atoms with Gasteiger partial charge in [0.2, 0.25) is 5.78 Å². The zero-order chi connectivity index (χ0) is 50.1. The maximum atomic E-state index is 11.6. The lowest BCUT2D eigenvalue weighted by Gasteiger charge is -2.01. The summed E-state index contributed by atoms with van der Waals surface area (Å²) in [6.07, 6.45) is -0.477. The molecule has 21 heteroatoms. The highest BCUT2D eigenvalue weighted by atomic mass is 79.9. The minimum absolute atomic E-state index is 0.0903. The van der Waals surface area contributed by atoms with Crippen LogP contribution in [0, 0.1) is 6.57 Å². The molecule has 0 saturated heterocycles. The fraction of sp³-hybridized carbons (Fsp3) is 0.152. The first kappa shape index (κ1) is 55.7. The molecule has 0 atom stereocenters. The number of hydrogen-bond donors (Lipinski definition) is 2. The fourth-order valence-electron chi connectivity index (χ4n) is 4.83. The summed E-state index contributed by atoms with van der Waals surface area (Å²) in [5.74, 6) is -5.03. The predicted octanol–water partition coefficient (Wildman–Crippen LogP) is 8.79. The number of H-pyrrole nitrogens is 2. The van der Waals surface area contributed by atoms with Crippen LogP contribution in [0.5, 0.6) is 0 Å². The van der Waals surface area contributed by atoms with Crippen molar-refractivity contribution in [3.05, 3.63) is 157 Å². The number of nitrogens with zero attached hydrogens (tertiary/aromatic N) is 3. The number of aromatic amines is 2. The Hall–Kier alpha value is -7.41.